The molecule has 0 saturated carbocycles. The normalized spacial score (nSPS) is 17.1. The predicted molar refractivity (Wildman–Crippen MR) is 109 cm³/mol. The molecule has 0 aliphatic carbocycles. The Morgan fingerprint density at radius 1 is 1.14 bits per heavy atom. The number of aryl methyl sites for hydroxylation is 2. The van der Waals surface area contributed by atoms with Crippen molar-refractivity contribution < 1.29 is 0 Å². The predicted octanol–water partition coefficient (Wildman–Crippen LogP) is 2.65. The molecule has 4 rings (SSSR count). The second-order valence-corrected chi connectivity index (χ2v) is 7.39. The molecule has 0 amide bonds. The van der Waals surface area contributed by atoms with E-state index in [0.717, 1.165) is 31.6 Å². The van der Waals surface area contributed by atoms with Gasteiger partial charge in [0.1, 0.15) is 5.82 Å². The van der Waals surface area contributed by atoms with Gasteiger partial charge in [-0.1, -0.05) is 43.7 Å². The Balaban J connectivity index is 1.72. The van der Waals surface area contributed by atoms with Crippen molar-refractivity contribution in [3.63, 3.8) is 0 Å². The van der Waals surface area contributed by atoms with Crippen LogP contribution in [0.15, 0.2) is 39.9 Å². The Morgan fingerprint density at radius 2 is 1.93 bits per heavy atom. The molecule has 1 aliphatic heterocycles. The van der Waals surface area contributed by atoms with E-state index < -0.39 is 0 Å². The molecule has 7 heteroatoms. The molecule has 3 heterocycles. The van der Waals surface area contributed by atoms with E-state index in [0.29, 0.717) is 36.8 Å². The third-order valence-corrected chi connectivity index (χ3v) is 5.68. The minimum absolute atomic E-state index is 0.350. The van der Waals surface area contributed by atoms with Crippen LogP contribution in [0, 0.1) is 0 Å². The molecule has 0 radical (unpaired) electrons. The zero-order chi connectivity index (χ0) is 19.7. The number of aromatic nitrogens is 4. The molecule has 1 fully saturated rings. The molecule has 0 bridgehead atoms. The average Bonchev–Trinajstić information content (AvgIpc) is 3.04. The Labute approximate surface area is 163 Å². The fourth-order valence-corrected chi connectivity index (χ4v) is 4.07. The number of aromatic amines is 1. The molecule has 1 saturated heterocycles. The van der Waals surface area contributed by atoms with Gasteiger partial charge in [0.2, 0.25) is 0 Å². The van der Waals surface area contributed by atoms with E-state index in [1.165, 1.54) is 5.56 Å². The van der Waals surface area contributed by atoms with Gasteiger partial charge in [0.25, 0.3) is 5.56 Å². The first kappa shape index (κ1) is 18.7. The molecular formula is C21H27N5O2. The summed E-state index contributed by atoms with van der Waals surface area (Å²) in [6.45, 7) is 6.98. The third kappa shape index (κ3) is 3.20. The lowest BCUT2D eigenvalue weighted by molar-refractivity contribution is 0.0776. The summed E-state index contributed by atoms with van der Waals surface area (Å²) in [4.78, 5) is 34.5. The molecule has 1 atom stereocenters. The van der Waals surface area contributed by atoms with Crippen molar-refractivity contribution in [1.29, 1.82) is 0 Å². The lowest BCUT2D eigenvalue weighted by Gasteiger charge is -2.41. The summed E-state index contributed by atoms with van der Waals surface area (Å²) in [5, 5.41) is 0. The highest BCUT2D eigenvalue weighted by atomic mass is 16.2. The number of likely N-dealkylation sites (tertiary alicyclic amines) is 1. The van der Waals surface area contributed by atoms with Crippen molar-refractivity contribution in [2.45, 2.75) is 58.8 Å². The zero-order valence-electron chi connectivity index (χ0n) is 16.5. The lowest BCUT2D eigenvalue weighted by Crippen LogP contribution is -2.40. The van der Waals surface area contributed by atoms with Crippen LogP contribution in [0.4, 0.5) is 0 Å². The van der Waals surface area contributed by atoms with Crippen molar-refractivity contribution in [3.05, 3.63) is 62.6 Å². The van der Waals surface area contributed by atoms with Gasteiger partial charge < -0.3 is 4.57 Å². The van der Waals surface area contributed by atoms with Crippen LogP contribution < -0.4 is 11.2 Å². The lowest BCUT2D eigenvalue weighted by atomic mass is 9.95. The zero-order valence-corrected chi connectivity index (χ0v) is 16.5. The standard InChI is InChI=1S/C21H27N5O2/c1-3-5-12-26-19-18(20(27)23-21(26)28)25(4-2)17(22-19)14-24-13-11-16(24)15-9-7-6-8-10-15/h6-10,16H,3-5,11-14H2,1-2H3,(H,23,27,28)/t16-/m1/s1. The minimum atomic E-state index is -0.371. The molecule has 7 nitrogen and oxygen atoms in total. The summed E-state index contributed by atoms with van der Waals surface area (Å²) in [6, 6.07) is 10.9. The van der Waals surface area contributed by atoms with Gasteiger partial charge in [0.05, 0.1) is 6.54 Å². The Hall–Kier alpha value is -2.67. The van der Waals surface area contributed by atoms with Crippen LogP contribution in [0.2, 0.25) is 0 Å². The van der Waals surface area contributed by atoms with E-state index in [1.807, 2.05) is 17.6 Å². The van der Waals surface area contributed by atoms with Gasteiger partial charge in [-0.15, -0.1) is 0 Å². The fraction of sp³-hybridized carbons (Fsp3) is 0.476. The van der Waals surface area contributed by atoms with Gasteiger partial charge in [-0.25, -0.2) is 9.78 Å². The number of nitrogens with zero attached hydrogens (tertiary/aromatic N) is 4. The molecule has 3 aromatic rings. The van der Waals surface area contributed by atoms with Crippen LogP contribution >= 0.6 is 0 Å². The van der Waals surface area contributed by atoms with E-state index in [-0.39, 0.29) is 11.2 Å². The maximum Gasteiger partial charge on any atom is 0.330 e. The second kappa shape index (κ2) is 7.75. The topological polar surface area (TPSA) is 75.9 Å². The van der Waals surface area contributed by atoms with E-state index >= 15 is 0 Å². The first-order chi connectivity index (χ1) is 13.6. The van der Waals surface area contributed by atoms with Gasteiger partial charge in [-0.3, -0.25) is 19.2 Å². The van der Waals surface area contributed by atoms with Gasteiger partial charge in [-0.2, -0.15) is 0 Å². The molecule has 1 aromatic carbocycles. The second-order valence-electron chi connectivity index (χ2n) is 7.39. The maximum atomic E-state index is 12.5. The quantitative estimate of drug-likeness (QED) is 0.683. The van der Waals surface area contributed by atoms with Gasteiger partial charge in [-0.05, 0) is 25.3 Å². The summed E-state index contributed by atoms with van der Waals surface area (Å²) in [5.74, 6) is 0.847. The van der Waals surface area contributed by atoms with Crippen LogP contribution in [0.3, 0.4) is 0 Å². The summed E-state index contributed by atoms with van der Waals surface area (Å²) < 4.78 is 3.57. The number of hydrogen-bond acceptors (Lipinski definition) is 4. The van der Waals surface area contributed by atoms with E-state index in [9.17, 15) is 9.59 Å². The van der Waals surface area contributed by atoms with E-state index in [2.05, 4.69) is 41.1 Å². The summed E-state index contributed by atoms with van der Waals surface area (Å²) in [6.07, 6.45) is 2.97. The van der Waals surface area contributed by atoms with E-state index in [4.69, 9.17) is 4.98 Å². The van der Waals surface area contributed by atoms with Gasteiger partial charge in [0, 0.05) is 25.7 Å². The Bertz CT molecular complexity index is 1080. The largest absolute Gasteiger partial charge is 0.330 e. The number of benzene rings is 1. The van der Waals surface area contributed by atoms with Crippen molar-refractivity contribution >= 4 is 11.2 Å². The smallest absolute Gasteiger partial charge is 0.321 e. The molecule has 28 heavy (non-hydrogen) atoms. The summed E-state index contributed by atoms with van der Waals surface area (Å²) >= 11 is 0. The number of rotatable bonds is 7. The van der Waals surface area contributed by atoms with Crippen molar-refractivity contribution in [1.82, 2.24) is 24.0 Å². The monoisotopic (exact) mass is 381 g/mol. The third-order valence-electron chi connectivity index (χ3n) is 5.68. The van der Waals surface area contributed by atoms with E-state index in [1.54, 1.807) is 4.57 Å². The summed E-state index contributed by atoms with van der Waals surface area (Å²) in [5.41, 5.74) is 1.60. The molecule has 1 N–H and O–H groups in total. The number of H-pyrrole nitrogens is 1. The fourth-order valence-electron chi connectivity index (χ4n) is 4.07. The van der Waals surface area contributed by atoms with Crippen molar-refractivity contribution in [3.8, 4) is 0 Å². The number of fused-ring (bicyclic) bond motifs is 1. The highest BCUT2D eigenvalue weighted by Crippen LogP contribution is 2.34. The van der Waals surface area contributed by atoms with Crippen LogP contribution in [0.25, 0.3) is 11.2 Å². The highest BCUT2D eigenvalue weighted by Gasteiger charge is 2.31. The van der Waals surface area contributed by atoms with Crippen LogP contribution in [-0.2, 0) is 19.6 Å². The van der Waals surface area contributed by atoms with Crippen molar-refractivity contribution in [2.24, 2.45) is 0 Å². The molecule has 1 aliphatic rings. The Morgan fingerprint density at radius 3 is 2.57 bits per heavy atom. The SMILES string of the molecule is CCCCn1c(=O)[nH]c(=O)c2c1nc(CN1CC[C@@H]1c1ccccc1)n2CC. The molecule has 148 valence electrons. The first-order valence-electron chi connectivity index (χ1n) is 10.1. The highest BCUT2D eigenvalue weighted by molar-refractivity contribution is 5.71. The average molecular weight is 381 g/mol. The van der Waals surface area contributed by atoms with Crippen LogP contribution in [0.1, 0.15) is 50.5 Å². The van der Waals surface area contributed by atoms with Crippen molar-refractivity contribution in [2.75, 3.05) is 6.54 Å². The maximum absolute atomic E-state index is 12.5. The number of hydrogen-bond donors (Lipinski definition) is 1. The summed E-state index contributed by atoms with van der Waals surface area (Å²) in [7, 11) is 0. The number of imidazole rings is 1. The van der Waals surface area contributed by atoms with Gasteiger partial charge in [0.15, 0.2) is 11.2 Å². The number of nitrogens with one attached hydrogen (secondary N) is 1. The minimum Gasteiger partial charge on any atom is -0.321 e. The molecule has 2 aromatic heterocycles. The van der Waals surface area contributed by atoms with Gasteiger partial charge >= 0.3 is 5.69 Å². The molecular weight excluding hydrogens is 354 g/mol. The Kier molecular flexibility index (Phi) is 5.17. The molecule has 0 spiro atoms. The molecule has 0 unspecified atom stereocenters. The van der Waals surface area contributed by atoms with Crippen LogP contribution in [-0.4, -0.2) is 30.5 Å². The number of unbranched alkanes of at least 4 members (excludes halogenated alkanes) is 1. The first-order valence-corrected chi connectivity index (χ1v) is 10.1. The van der Waals surface area contributed by atoms with Crippen LogP contribution in [0.5, 0.6) is 0 Å².